The van der Waals surface area contributed by atoms with E-state index in [9.17, 15) is 4.79 Å². The monoisotopic (exact) mass is 354 g/mol. The number of ether oxygens (including phenoxy) is 1. The number of para-hydroxylation sites is 1. The molecular formula is C20H26N4O2. The van der Waals surface area contributed by atoms with Gasteiger partial charge < -0.3 is 19.9 Å². The first-order chi connectivity index (χ1) is 12.4. The lowest BCUT2D eigenvalue weighted by Gasteiger charge is -2.30. The Kier molecular flexibility index (Phi) is 4.15. The van der Waals surface area contributed by atoms with E-state index in [2.05, 4.69) is 39.9 Å². The Morgan fingerprint density at radius 1 is 1.27 bits per heavy atom. The number of nitrogens with one attached hydrogen (secondary N) is 3. The average Bonchev–Trinajstić information content (AvgIpc) is 3.23. The average molecular weight is 354 g/mol. The molecule has 1 amide bonds. The lowest BCUT2D eigenvalue weighted by Crippen LogP contribution is -2.41. The highest BCUT2D eigenvalue weighted by Gasteiger charge is 2.33. The molecule has 3 N–H and O–H groups in total. The van der Waals surface area contributed by atoms with Crippen molar-refractivity contribution in [3.63, 3.8) is 0 Å². The molecule has 2 aliphatic rings. The van der Waals surface area contributed by atoms with Crippen LogP contribution in [0, 0.1) is 0 Å². The minimum atomic E-state index is -0.461. The molecule has 1 fully saturated rings. The normalized spacial score (nSPS) is 21.7. The van der Waals surface area contributed by atoms with Crippen LogP contribution in [0.3, 0.4) is 0 Å². The van der Waals surface area contributed by atoms with Crippen molar-refractivity contribution in [1.29, 1.82) is 0 Å². The Labute approximate surface area is 153 Å². The number of fused-ring (bicyclic) bond motifs is 3. The Balaban J connectivity index is 1.44. The highest BCUT2D eigenvalue weighted by molar-refractivity contribution is 5.81. The first-order valence-corrected chi connectivity index (χ1v) is 9.18. The fourth-order valence-electron chi connectivity index (χ4n) is 3.67. The summed E-state index contributed by atoms with van der Waals surface area (Å²) in [4.78, 5) is 17.4. The number of benzene rings is 1. The second kappa shape index (κ2) is 6.36. The summed E-state index contributed by atoms with van der Waals surface area (Å²) >= 11 is 0. The Morgan fingerprint density at radius 3 is 2.88 bits per heavy atom. The van der Waals surface area contributed by atoms with Crippen molar-refractivity contribution in [2.24, 2.45) is 0 Å². The standard InChI is InChI=1S/C20H26N4O2/c1-20(2,3)26-19(25)24-11-9-13(12-24)22-18-15-8-10-21-17(15)14-6-4-5-7-16(14)23-18/h4-8,10,13,18,21-23H,9,11-12H2,1-3H3. The molecule has 26 heavy (non-hydrogen) atoms. The zero-order valence-electron chi connectivity index (χ0n) is 15.5. The topological polar surface area (TPSA) is 69.4 Å². The summed E-state index contributed by atoms with van der Waals surface area (Å²) in [5.74, 6) is 0. The summed E-state index contributed by atoms with van der Waals surface area (Å²) < 4.78 is 5.49. The molecule has 2 atom stereocenters. The van der Waals surface area contributed by atoms with E-state index in [1.807, 2.05) is 33.0 Å². The molecule has 4 rings (SSSR count). The van der Waals surface area contributed by atoms with Gasteiger partial charge in [0.05, 0.1) is 5.69 Å². The first kappa shape index (κ1) is 17.0. The second-order valence-electron chi connectivity index (χ2n) is 8.01. The van der Waals surface area contributed by atoms with Crippen molar-refractivity contribution in [1.82, 2.24) is 15.2 Å². The minimum Gasteiger partial charge on any atom is -0.444 e. The van der Waals surface area contributed by atoms with E-state index < -0.39 is 5.60 Å². The number of hydrogen-bond donors (Lipinski definition) is 3. The predicted octanol–water partition coefficient (Wildman–Crippen LogP) is 3.70. The number of rotatable bonds is 2. The molecule has 6 heteroatoms. The number of amides is 1. The van der Waals surface area contributed by atoms with Gasteiger partial charge in [-0.1, -0.05) is 18.2 Å². The molecule has 2 aliphatic heterocycles. The van der Waals surface area contributed by atoms with Crippen molar-refractivity contribution < 1.29 is 9.53 Å². The highest BCUT2D eigenvalue weighted by atomic mass is 16.6. The lowest BCUT2D eigenvalue weighted by molar-refractivity contribution is 0.0290. The molecule has 0 radical (unpaired) electrons. The van der Waals surface area contributed by atoms with Crippen LogP contribution in [0.2, 0.25) is 0 Å². The zero-order valence-corrected chi connectivity index (χ0v) is 15.5. The Morgan fingerprint density at radius 2 is 2.08 bits per heavy atom. The number of nitrogens with zero attached hydrogens (tertiary/aromatic N) is 1. The molecule has 2 aromatic rings. The van der Waals surface area contributed by atoms with E-state index in [1.165, 1.54) is 11.1 Å². The van der Waals surface area contributed by atoms with Gasteiger partial charge in [-0.2, -0.15) is 0 Å². The van der Waals surface area contributed by atoms with E-state index >= 15 is 0 Å². The third-order valence-electron chi connectivity index (χ3n) is 4.83. The summed E-state index contributed by atoms with van der Waals surface area (Å²) in [6, 6.07) is 10.6. The van der Waals surface area contributed by atoms with Crippen LogP contribution in [0.1, 0.15) is 38.9 Å². The molecule has 0 aliphatic carbocycles. The molecule has 1 saturated heterocycles. The number of H-pyrrole nitrogens is 1. The summed E-state index contributed by atoms with van der Waals surface area (Å²) in [7, 11) is 0. The largest absolute Gasteiger partial charge is 0.444 e. The van der Waals surface area contributed by atoms with Gasteiger partial charge in [0.1, 0.15) is 11.8 Å². The van der Waals surface area contributed by atoms with E-state index in [0.717, 1.165) is 24.3 Å². The summed E-state index contributed by atoms with van der Waals surface area (Å²) in [6.45, 7) is 7.07. The van der Waals surface area contributed by atoms with Crippen LogP contribution in [0.25, 0.3) is 11.3 Å². The fraction of sp³-hybridized carbons (Fsp3) is 0.450. The van der Waals surface area contributed by atoms with Gasteiger partial charge in [-0.25, -0.2) is 4.79 Å². The minimum absolute atomic E-state index is 0.0229. The summed E-state index contributed by atoms with van der Waals surface area (Å²) in [5.41, 5.74) is 4.20. The molecule has 1 aromatic heterocycles. The van der Waals surface area contributed by atoms with Crippen LogP contribution in [-0.2, 0) is 4.74 Å². The van der Waals surface area contributed by atoms with E-state index in [-0.39, 0.29) is 18.3 Å². The van der Waals surface area contributed by atoms with Crippen LogP contribution in [0.15, 0.2) is 36.5 Å². The van der Waals surface area contributed by atoms with Gasteiger partial charge in [-0.05, 0) is 39.3 Å². The Hall–Kier alpha value is -2.47. The van der Waals surface area contributed by atoms with Crippen molar-refractivity contribution in [3.8, 4) is 11.3 Å². The van der Waals surface area contributed by atoms with Crippen molar-refractivity contribution in [2.75, 3.05) is 18.4 Å². The van der Waals surface area contributed by atoms with Gasteiger partial charge >= 0.3 is 6.09 Å². The van der Waals surface area contributed by atoms with Gasteiger partial charge in [-0.15, -0.1) is 0 Å². The SMILES string of the molecule is CC(C)(C)OC(=O)N1CCC(NC2Nc3ccccc3-c3[nH]ccc32)C1. The summed E-state index contributed by atoms with van der Waals surface area (Å²) in [5, 5.41) is 7.25. The third kappa shape index (κ3) is 3.29. The number of carbonyl (C=O) groups excluding carboxylic acids is 1. The molecule has 0 spiro atoms. The number of hydrogen-bond acceptors (Lipinski definition) is 4. The lowest BCUT2D eigenvalue weighted by atomic mass is 9.99. The van der Waals surface area contributed by atoms with E-state index in [1.54, 1.807) is 4.90 Å². The number of anilines is 1. The predicted molar refractivity (Wildman–Crippen MR) is 102 cm³/mol. The number of carbonyl (C=O) groups is 1. The molecule has 2 unspecified atom stereocenters. The number of likely N-dealkylation sites (tertiary alicyclic amines) is 1. The van der Waals surface area contributed by atoms with Crippen LogP contribution >= 0.6 is 0 Å². The van der Waals surface area contributed by atoms with Crippen LogP contribution in [0.5, 0.6) is 0 Å². The molecule has 6 nitrogen and oxygen atoms in total. The van der Waals surface area contributed by atoms with Gasteiger partial charge in [-0.3, -0.25) is 5.32 Å². The smallest absolute Gasteiger partial charge is 0.410 e. The first-order valence-electron chi connectivity index (χ1n) is 9.18. The molecule has 138 valence electrons. The molecule has 0 bridgehead atoms. The second-order valence-corrected chi connectivity index (χ2v) is 8.01. The van der Waals surface area contributed by atoms with Gasteiger partial charge in [0.15, 0.2) is 0 Å². The van der Waals surface area contributed by atoms with Gasteiger partial charge in [0, 0.05) is 42.1 Å². The summed E-state index contributed by atoms with van der Waals surface area (Å²) in [6.07, 6.45) is 2.68. The van der Waals surface area contributed by atoms with E-state index in [4.69, 9.17) is 4.74 Å². The van der Waals surface area contributed by atoms with E-state index in [0.29, 0.717) is 6.54 Å². The van der Waals surface area contributed by atoms with Gasteiger partial charge in [0.2, 0.25) is 0 Å². The van der Waals surface area contributed by atoms with Crippen molar-refractivity contribution in [2.45, 2.75) is 45.0 Å². The fourth-order valence-corrected chi connectivity index (χ4v) is 3.67. The zero-order chi connectivity index (χ0) is 18.3. The van der Waals surface area contributed by atoms with Crippen LogP contribution < -0.4 is 10.6 Å². The highest BCUT2D eigenvalue weighted by Crippen LogP contribution is 2.38. The van der Waals surface area contributed by atoms with Crippen molar-refractivity contribution in [3.05, 3.63) is 42.1 Å². The maximum absolute atomic E-state index is 12.3. The molecular weight excluding hydrogens is 328 g/mol. The maximum Gasteiger partial charge on any atom is 0.410 e. The Bertz CT molecular complexity index is 808. The maximum atomic E-state index is 12.3. The van der Waals surface area contributed by atoms with Crippen molar-refractivity contribution >= 4 is 11.8 Å². The molecule has 0 saturated carbocycles. The number of aromatic nitrogens is 1. The number of aromatic amines is 1. The molecule has 3 heterocycles. The van der Waals surface area contributed by atoms with Crippen LogP contribution in [-0.4, -0.2) is 40.7 Å². The third-order valence-corrected chi connectivity index (χ3v) is 4.83. The molecule has 1 aromatic carbocycles. The van der Waals surface area contributed by atoms with Gasteiger partial charge in [0.25, 0.3) is 0 Å². The van der Waals surface area contributed by atoms with Crippen LogP contribution in [0.4, 0.5) is 10.5 Å². The quantitative estimate of drug-likeness (QED) is 0.769.